The molecule has 1 N–H and O–H groups in total. The Bertz CT molecular complexity index is 1250. The Morgan fingerprint density at radius 2 is 1.89 bits per heavy atom. The molecule has 5 rings (SSSR count). The monoisotopic (exact) mass is 507 g/mol. The molecule has 0 spiro atoms. The average Bonchev–Trinajstić information content (AvgIpc) is 3.40. The van der Waals surface area contributed by atoms with Crippen molar-refractivity contribution in [3.05, 3.63) is 86.1 Å². The third kappa shape index (κ3) is 5.15. The molecular weight excluding hydrogens is 478 g/mol. The van der Waals surface area contributed by atoms with Crippen molar-refractivity contribution in [1.29, 1.82) is 0 Å². The molecule has 35 heavy (non-hydrogen) atoms. The maximum absolute atomic E-state index is 13.2. The molecule has 1 fully saturated rings. The van der Waals surface area contributed by atoms with E-state index in [0.717, 1.165) is 18.5 Å². The van der Waals surface area contributed by atoms with Crippen LogP contribution < -0.4 is 5.32 Å². The van der Waals surface area contributed by atoms with Crippen molar-refractivity contribution in [1.82, 2.24) is 9.80 Å². The summed E-state index contributed by atoms with van der Waals surface area (Å²) in [5.41, 5.74) is 5.15. The summed E-state index contributed by atoms with van der Waals surface area (Å²) in [5.74, 6) is -0.280. The van der Waals surface area contributed by atoms with Crippen LogP contribution in [0, 0.1) is 0 Å². The molecular formula is C28H30ClN3O2S. The summed E-state index contributed by atoms with van der Waals surface area (Å²) in [5, 5.41) is 2.90. The SMILES string of the molecule is CN(C)CCC1(c2ccc(CCN3Cc4cccc(NC(=O)c5ccc(Cl)s5)c4C3=O)cc2)CC1. The zero-order chi connectivity index (χ0) is 24.6. The second-order valence-electron chi connectivity index (χ2n) is 9.90. The number of hydrogen-bond acceptors (Lipinski definition) is 4. The van der Waals surface area contributed by atoms with E-state index in [-0.39, 0.29) is 11.8 Å². The van der Waals surface area contributed by atoms with Crippen molar-refractivity contribution in [3.63, 3.8) is 0 Å². The largest absolute Gasteiger partial charge is 0.334 e. The predicted molar refractivity (Wildman–Crippen MR) is 143 cm³/mol. The number of anilines is 1. The van der Waals surface area contributed by atoms with Crippen molar-refractivity contribution in [2.24, 2.45) is 0 Å². The van der Waals surface area contributed by atoms with Crippen LogP contribution in [0.2, 0.25) is 4.34 Å². The number of amides is 2. The van der Waals surface area contributed by atoms with Gasteiger partial charge in [-0.2, -0.15) is 0 Å². The number of hydrogen-bond donors (Lipinski definition) is 1. The minimum Gasteiger partial charge on any atom is -0.334 e. The Hall–Kier alpha value is -2.67. The van der Waals surface area contributed by atoms with Gasteiger partial charge in [0.05, 0.1) is 20.5 Å². The first-order valence-corrected chi connectivity index (χ1v) is 13.3. The zero-order valence-corrected chi connectivity index (χ0v) is 21.7. The summed E-state index contributed by atoms with van der Waals surface area (Å²) in [6.45, 7) is 2.32. The normalized spacial score (nSPS) is 16.0. The lowest BCUT2D eigenvalue weighted by molar-refractivity contribution is 0.0781. The van der Waals surface area contributed by atoms with Crippen LogP contribution in [0.5, 0.6) is 0 Å². The molecule has 2 heterocycles. The van der Waals surface area contributed by atoms with Crippen molar-refractivity contribution in [3.8, 4) is 0 Å². The van der Waals surface area contributed by atoms with Crippen LogP contribution in [0.1, 0.15) is 56.0 Å². The van der Waals surface area contributed by atoms with Crippen LogP contribution in [0.15, 0.2) is 54.6 Å². The third-order valence-electron chi connectivity index (χ3n) is 7.19. The number of carbonyl (C=O) groups is 2. The zero-order valence-electron chi connectivity index (χ0n) is 20.1. The molecule has 1 aliphatic heterocycles. The van der Waals surface area contributed by atoms with Gasteiger partial charge >= 0.3 is 0 Å². The molecule has 3 aromatic rings. The summed E-state index contributed by atoms with van der Waals surface area (Å²) in [6, 6.07) is 18.0. The minimum atomic E-state index is -0.249. The smallest absolute Gasteiger partial charge is 0.265 e. The first-order chi connectivity index (χ1) is 16.8. The Morgan fingerprint density at radius 3 is 2.54 bits per heavy atom. The molecule has 5 nitrogen and oxygen atoms in total. The maximum atomic E-state index is 13.2. The van der Waals surface area contributed by atoms with Gasteiger partial charge in [0.1, 0.15) is 0 Å². The highest BCUT2D eigenvalue weighted by molar-refractivity contribution is 7.18. The van der Waals surface area contributed by atoms with E-state index in [1.807, 2.05) is 17.0 Å². The molecule has 0 radical (unpaired) electrons. The first kappa shape index (κ1) is 24.0. The van der Waals surface area contributed by atoms with Crippen LogP contribution in [-0.2, 0) is 18.4 Å². The molecule has 0 saturated heterocycles. The van der Waals surface area contributed by atoms with Gasteiger partial charge in [-0.25, -0.2) is 0 Å². The fourth-order valence-electron chi connectivity index (χ4n) is 4.89. The van der Waals surface area contributed by atoms with E-state index < -0.39 is 0 Å². The molecule has 0 bridgehead atoms. The topological polar surface area (TPSA) is 52.6 Å². The molecule has 1 aromatic heterocycles. The number of fused-ring (bicyclic) bond motifs is 1. The molecule has 2 aromatic carbocycles. The van der Waals surface area contributed by atoms with Gasteiger partial charge in [0, 0.05) is 13.1 Å². The number of carbonyl (C=O) groups excluding carboxylic acids is 2. The highest BCUT2D eigenvalue weighted by Crippen LogP contribution is 2.51. The van der Waals surface area contributed by atoms with Gasteiger partial charge < -0.3 is 15.1 Å². The Kier molecular flexibility index (Phi) is 6.71. The molecule has 7 heteroatoms. The fourth-order valence-corrected chi connectivity index (χ4v) is 5.82. The lowest BCUT2D eigenvalue weighted by Gasteiger charge is -2.19. The van der Waals surface area contributed by atoms with Crippen LogP contribution in [0.4, 0.5) is 5.69 Å². The Morgan fingerprint density at radius 1 is 1.11 bits per heavy atom. The lowest BCUT2D eigenvalue weighted by Crippen LogP contribution is -2.27. The van der Waals surface area contributed by atoms with Crippen LogP contribution in [-0.4, -0.2) is 48.8 Å². The number of benzene rings is 2. The average molecular weight is 508 g/mol. The van der Waals surface area contributed by atoms with E-state index in [2.05, 4.69) is 48.6 Å². The minimum absolute atomic E-state index is 0.0302. The predicted octanol–water partition coefficient (Wildman–Crippen LogP) is 5.84. The maximum Gasteiger partial charge on any atom is 0.265 e. The van der Waals surface area contributed by atoms with E-state index in [0.29, 0.717) is 39.0 Å². The van der Waals surface area contributed by atoms with Gasteiger partial charge in [-0.15, -0.1) is 11.3 Å². The van der Waals surface area contributed by atoms with Crippen molar-refractivity contribution >= 4 is 40.4 Å². The van der Waals surface area contributed by atoms with Crippen LogP contribution in [0.3, 0.4) is 0 Å². The highest BCUT2D eigenvalue weighted by Gasteiger charge is 2.43. The van der Waals surface area contributed by atoms with Crippen LogP contribution >= 0.6 is 22.9 Å². The molecule has 2 amide bonds. The second kappa shape index (κ2) is 9.76. The molecule has 0 unspecified atom stereocenters. The number of nitrogens with one attached hydrogen (secondary N) is 1. The standard InChI is InChI=1S/C28H30ClN3O2S/c1-31(2)17-15-28(13-14-28)21-8-6-19(7-9-21)12-16-32-18-20-4-3-5-22(25(20)27(32)34)30-26(33)23-10-11-24(29)35-23/h3-11H,12-18H2,1-2H3,(H,30,33). The van der Waals surface area contributed by atoms with Gasteiger partial charge in [-0.3, -0.25) is 9.59 Å². The van der Waals surface area contributed by atoms with Crippen LogP contribution in [0.25, 0.3) is 0 Å². The number of halogens is 1. The number of rotatable bonds is 9. The van der Waals surface area contributed by atoms with Crippen molar-refractivity contribution in [2.45, 2.75) is 37.6 Å². The van der Waals surface area contributed by atoms with Gasteiger partial charge in [-0.05, 0) is 86.6 Å². The second-order valence-corrected chi connectivity index (χ2v) is 11.6. The summed E-state index contributed by atoms with van der Waals surface area (Å²) in [6.07, 6.45) is 4.57. The lowest BCUT2D eigenvalue weighted by atomic mass is 9.91. The van der Waals surface area contributed by atoms with E-state index in [4.69, 9.17) is 11.6 Å². The van der Waals surface area contributed by atoms with E-state index >= 15 is 0 Å². The summed E-state index contributed by atoms with van der Waals surface area (Å²) < 4.78 is 0.560. The summed E-state index contributed by atoms with van der Waals surface area (Å²) in [7, 11) is 4.27. The van der Waals surface area contributed by atoms with Gasteiger partial charge in [0.25, 0.3) is 11.8 Å². The van der Waals surface area contributed by atoms with E-state index in [1.165, 1.54) is 41.7 Å². The van der Waals surface area contributed by atoms with Gasteiger partial charge in [0.2, 0.25) is 0 Å². The summed E-state index contributed by atoms with van der Waals surface area (Å²) in [4.78, 5) is 30.5. The molecule has 182 valence electrons. The van der Waals surface area contributed by atoms with Gasteiger partial charge in [-0.1, -0.05) is 48.0 Å². The third-order valence-corrected chi connectivity index (χ3v) is 8.42. The van der Waals surface area contributed by atoms with E-state index in [1.54, 1.807) is 18.2 Å². The first-order valence-electron chi connectivity index (χ1n) is 12.1. The number of nitrogens with zero attached hydrogens (tertiary/aromatic N) is 2. The van der Waals surface area contributed by atoms with E-state index in [9.17, 15) is 9.59 Å². The van der Waals surface area contributed by atoms with Crippen molar-refractivity contribution in [2.75, 3.05) is 32.5 Å². The quantitative estimate of drug-likeness (QED) is 0.396. The number of thiophene rings is 1. The van der Waals surface area contributed by atoms with Crippen molar-refractivity contribution < 1.29 is 9.59 Å². The van der Waals surface area contributed by atoms with Gasteiger partial charge in [0.15, 0.2) is 0 Å². The molecule has 2 aliphatic rings. The molecule has 1 aliphatic carbocycles. The molecule has 0 atom stereocenters. The Balaban J connectivity index is 1.21. The highest BCUT2D eigenvalue weighted by atomic mass is 35.5. The Labute approximate surface area is 215 Å². The summed E-state index contributed by atoms with van der Waals surface area (Å²) >= 11 is 7.19. The fraction of sp³-hybridized carbons (Fsp3) is 0.357. The molecule has 1 saturated carbocycles.